The largest absolute Gasteiger partial charge is 0.309 e. The molecule has 0 bridgehead atoms. The van der Waals surface area contributed by atoms with Gasteiger partial charge in [-0.25, -0.2) is 4.98 Å². The van der Waals surface area contributed by atoms with Crippen molar-refractivity contribution in [1.29, 1.82) is 0 Å². The van der Waals surface area contributed by atoms with Crippen LogP contribution in [0.25, 0.3) is 0 Å². The molecule has 1 fully saturated rings. The van der Waals surface area contributed by atoms with Crippen LogP contribution in [-0.4, -0.2) is 32.5 Å². The van der Waals surface area contributed by atoms with Gasteiger partial charge in [0.2, 0.25) is 5.91 Å². The molecule has 6 heteroatoms. The van der Waals surface area contributed by atoms with Crippen molar-refractivity contribution in [3.8, 4) is 0 Å². The molecule has 2 aliphatic heterocycles. The average molecular weight is 339 g/mol. The minimum absolute atomic E-state index is 0.0742. The van der Waals surface area contributed by atoms with E-state index >= 15 is 0 Å². The number of hydrogen-bond acceptors (Lipinski definition) is 4. The number of carbonyl (C=O) groups excluding carboxylic acids is 2. The second-order valence-corrected chi connectivity index (χ2v) is 8.21. The fraction of sp³-hybridized carbons (Fsp3) is 0.278. The van der Waals surface area contributed by atoms with Crippen LogP contribution < -0.4 is 5.32 Å². The molecule has 3 heterocycles. The zero-order valence-corrected chi connectivity index (χ0v) is 14.2. The molecule has 0 saturated carbocycles. The first-order valence-electron chi connectivity index (χ1n) is 7.80. The zero-order valence-electron chi connectivity index (χ0n) is 13.4. The summed E-state index contributed by atoms with van der Waals surface area (Å²) in [6.45, 7) is 4.02. The van der Waals surface area contributed by atoms with E-state index in [4.69, 9.17) is 0 Å². The van der Waals surface area contributed by atoms with Crippen molar-refractivity contribution >= 4 is 29.4 Å². The Labute approximate surface area is 144 Å². The van der Waals surface area contributed by atoms with Crippen LogP contribution in [0.15, 0.2) is 48.7 Å². The van der Waals surface area contributed by atoms with Crippen LogP contribution in [0.5, 0.6) is 0 Å². The standard InChI is InChI=1S/C18H17N3O2S/c1-18(2)14(15(22)20-13-9-5-6-10-19-13)21-16(23)11-7-3-4-8-12(11)17(21)24-18/h3-10,14,17H,1-2H3,(H,19,20,22)/t14-,17-/m1/s1. The van der Waals surface area contributed by atoms with Crippen LogP contribution >= 0.6 is 11.8 Å². The maximum atomic E-state index is 12.9. The predicted molar refractivity (Wildman–Crippen MR) is 93.7 cm³/mol. The fourth-order valence-electron chi connectivity index (χ4n) is 3.44. The summed E-state index contributed by atoms with van der Waals surface area (Å²) in [5.74, 6) is 0.223. The maximum absolute atomic E-state index is 12.9. The summed E-state index contributed by atoms with van der Waals surface area (Å²) in [5.41, 5.74) is 1.69. The van der Waals surface area contributed by atoms with Crippen molar-refractivity contribution in [2.24, 2.45) is 0 Å². The third-order valence-corrected chi connectivity index (χ3v) is 6.00. The van der Waals surface area contributed by atoms with E-state index in [2.05, 4.69) is 10.3 Å². The molecule has 24 heavy (non-hydrogen) atoms. The van der Waals surface area contributed by atoms with Gasteiger partial charge in [0.15, 0.2) is 0 Å². The number of hydrogen-bond donors (Lipinski definition) is 1. The monoisotopic (exact) mass is 339 g/mol. The zero-order chi connectivity index (χ0) is 16.9. The molecule has 2 amide bonds. The Morgan fingerprint density at radius 1 is 1.21 bits per heavy atom. The molecule has 1 saturated heterocycles. The number of rotatable bonds is 2. The normalized spacial score (nSPS) is 23.8. The number of aromatic nitrogens is 1. The molecule has 0 aliphatic carbocycles. The summed E-state index contributed by atoms with van der Waals surface area (Å²) in [6.07, 6.45) is 1.63. The lowest BCUT2D eigenvalue weighted by atomic mass is 10.0. The minimum atomic E-state index is -0.547. The average Bonchev–Trinajstić information content (AvgIpc) is 2.99. The Hall–Kier alpha value is -2.34. The first-order chi connectivity index (χ1) is 11.5. The number of pyridine rings is 1. The number of nitrogens with one attached hydrogen (secondary N) is 1. The first kappa shape index (κ1) is 15.2. The Bertz CT molecular complexity index is 822. The summed E-state index contributed by atoms with van der Waals surface area (Å²) >= 11 is 1.66. The molecule has 0 radical (unpaired) electrons. The fourth-order valence-corrected chi connectivity index (χ4v) is 5.02. The summed E-state index contributed by atoms with van der Waals surface area (Å²) < 4.78 is -0.382. The van der Waals surface area contributed by atoms with Crippen LogP contribution in [0, 0.1) is 0 Å². The topological polar surface area (TPSA) is 62.3 Å². The Balaban J connectivity index is 1.68. The van der Waals surface area contributed by atoms with E-state index < -0.39 is 6.04 Å². The Kier molecular flexibility index (Phi) is 3.38. The number of nitrogens with zero attached hydrogens (tertiary/aromatic N) is 2. The lowest BCUT2D eigenvalue weighted by molar-refractivity contribution is -0.121. The molecule has 1 N–H and O–H groups in total. The molecular formula is C18H17N3O2S. The number of fused-ring (bicyclic) bond motifs is 3. The minimum Gasteiger partial charge on any atom is -0.309 e. The van der Waals surface area contributed by atoms with Gasteiger partial charge in [-0.15, -0.1) is 11.8 Å². The number of benzene rings is 1. The molecule has 0 unspecified atom stereocenters. The van der Waals surface area contributed by atoms with Crippen molar-refractivity contribution in [3.63, 3.8) is 0 Å². The summed E-state index contributed by atoms with van der Waals surface area (Å²) in [5, 5.41) is 2.73. The van der Waals surface area contributed by atoms with E-state index in [0.717, 1.165) is 5.56 Å². The van der Waals surface area contributed by atoms with E-state index in [1.165, 1.54) is 0 Å². The van der Waals surface area contributed by atoms with Crippen molar-refractivity contribution in [2.45, 2.75) is 30.0 Å². The van der Waals surface area contributed by atoms with Crippen LogP contribution in [0.3, 0.4) is 0 Å². The van der Waals surface area contributed by atoms with Gasteiger partial charge in [-0.05, 0) is 37.6 Å². The highest BCUT2D eigenvalue weighted by Gasteiger charge is 2.57. The van der Waals surface area contributed by atoms with E-state index in [0.29, 0.717) is 11.4 Å². The van der Waals surface area contributed by atoms with Gasteiger partial charge in [-0.3, -0.25) is 9.59 Å². The molecule has 2 aliphatic rings. The van der Waals surface area contributed by atoms with Crippen LogP contribution in [0.1, 0.15) is 35.1 Å². The van der Waals surface area contributed by atoms with Crippen LogP contribution in [-0.2, 0) is 4.79 Å². The summed E-state index contributed by atoms with van der Waals surface area (Å²) in [4.78, 5) is 31.6. The molecule has 1 aromatic heterocycles. The molecule has 2 aromatic rings. The van der Waals surface area contributed by atoms with Gasteiger partial charge in [-0.2, -0.15) is 0 Å². The first-order valence-corrected chi connectivity index (χ1v) is 8.68. The van der Waals surface area contributed by atoms with Crippen LogP contribution in [0.2, 0.25) is 0 Å². The van der Waals surface area contributed by atoms with Crippen LogP contribution in [0.4, 0.5) is 5.82 Å². The van der Waals surface area contributed by atoms with Crippen molar-refractivity contribution in [2.75, 3.05) is 5.32 Å². The van der Waals surface area contributed by atoms with Gasteiger partial charge < -0.3 is 10.2 Å². The highest BCUT2D eigenvalue weighted by Crippen LogP contribution is 2.56. The van der Waals surface area contributed by atoms with E-state index in [1.807, 2.05) is 44.2 Å². The van der Waals surface area contributed by atoms with Gasteiger partial charge in [0.1, 0.15) is 17.2 Å². The molecule has 0 spiro atoms. The molecule has 2 atom stereocenters. The van der Waals surface area contributed by atoms with E-state index in [-0.39, 0.29) is 21.9 Å². The lowest BCUT2D eigenvalue weighted by Crippen LogP contribution is -2.50. The number of thioether (sulfide) groups is 1. The molecule has 5 nitrogen and oxygen atoms in total. The predicted octanol–water partition coefficient (Wildman–Crippen LogP) is 3.07. The quantitative estimate of drug-likeness (QED) is 0.913. The number of amides is 2. The van der Waals surface area contributed by atoms with Gasteiger partial charge >= 0.3 is 0 Å². The summed E-state index contributed by atoms with van der Waals surface area (Å²) in [7, 11) is 0. The number of carbonyl (C=O) groups is 2. The third-order valence-electron chi connectivity index (χ3n) is 4.46. The second kappa shape index (κ2) is 5.34. The molecular weight excluding hydrogens is 322 g/mol. The highest BCUT2D eigenvalue weighted by atomic mass is 32.2. The molecule has 122 valence electrons. The summed E-state index contributed by atoms with van der Waals surface area (Å²) in [6, 6.07) is 12.4. The van der Waals surface area contributed by atoms with E-state index in [9.17, 15) is 9.59 Å². The number of anilines is 1. The Morgan fingerprint density at radius 2 is 1.96 bits per heavy atom. The third kappa shape index (κ3) is 2.21. The SMILES string of the molecule is CC1(C)S[C@@H]2c3ccccc3C(=O)N2[C@@H]1C(=O)Nc1ccccn1. The maximum Gasteiger partial charge on any atom is 0.256 e. The van der Waals surface area contributed by atoms with Gasteiger partial charge in [0.25, 0.3) is 5.91 Å². The molecule has 1 aromatic carbocycles. The highest BCUT2D eigenvalue weighted by molar-refractivity contribution is 8.01. The smallest absolute Gasteiger partial charge is 0.256 e. The Morgan fingerprint density at radius 3 is 2.71 bits per heavy atom. The van der Waals surface area contributed by atoms with Gasteiger partial charge in [-0.1, -0.05) is 24.3 Å². The van der Waals surface area contributed by atoms with Crippen molar-refractivity contribution in [3.05, 3.63) is 59.8 Å². The van der Waals surface area contributed by atoms with Crippen molar-refractivity contribution in [1.82, 2.24) is 9.88 Å². The van der Waals surface area contributed by atoms with E-state index in [1.54, 1.807) is 35.0 Å². The lowest BCUT2D eigenvalue weighted by Gasteiger charge is -2.29. The van der Waals surface area contributed by atoms with Gasteiger partial charge in [0.05, 0.1) is 0 Å². The molecule has 4 rings (SSSR count). The van der Waals surface area contributed by atoms with Crippen molar-refractivity contribution < 1.29 is 9.59 Å². The second-order valence-electron chi connectivity index (χ2n) is 6.48. The van der Waals surface area contributed by atoms with Gasteiger partial charge in [0, 0.05) is 16.5 Å².